The van der Waals surface area contributed by atoms with E-state index in [-0.39, 0.29) is 18.5 Å². The molecule has 0 saturated carbocycles. The van der Waals surface area contributed by atoms with E-state index in [1.165, 1.54) is 55.4 Å². The molecule has 0 spiro atoms. The van der Waals surface area contributed by atoms with Gasteiger partial charge in [-0.05, 0) is 36.4 Å². The Bertz CT molecular complexity index is 1330. The third kappa shape index (κ3) is 5.05. The Kier molecular flexibility index (Phi) is 7.28. The number of likely N-dealkylation sites (N-methyl/N-ethyl adjacent to an activating group) is 1. The van der Waals surface area contributed by atoms with Crippen molar-refractivity contribution in [1.29, 1.82) is 0 Å². The zero-order valence-corrected chi connectivity index (χ0v) is 20.1. The molecule has 0 unspecified atom stereocenters. The Morgan fingerprint density at radius 3 is 2.50 bits per heavy atom. The molecule has 0 saturated heterocycles. The molecule has 0 radical (unpaired) electrons. The summed E-state index contributed by atoms with van der Waals surface area (Å²) in [6, 6.07) is 15.9. The maximum atomic E-state index is 14.8. The Morgan fingerprint density at radius 1 is 1.03 bits per heavy atom. The van der Waals surface area contributed by atoms with Crippen molar-refractivity contribution in [3.05, 3.63) is 95.1 Å². The molecule has 7 nitrogen and oxygen atoms in total. The lowest BCUT2D eigenvalue weighted by molar-refractivity contribution is -0.133. The first-order valence-corrected chi connectivity index (χ1v) is 11.2. The van der Waals surface area contributed by atoms with Gasteiger partial charge >= 0.3 is 0 Å². The van der Waals surface area contributed by atoms with E-state index in [9.17, 15) is 18.4 Å². The van der Waals surface area contributed by atoms with Crippen LogP contribution in [0.4, 0.5) is 8.78 Å². The Hall–Kier alpha value is -4.27. The van der Waals surface area contributed by atoms with Gasteiger partial charge in [-0.1, -0.05) is 24.3 Å². The van der Waals surface area contributed by atoms with Crippen LogP contribution in [-0.4, -0.2) is 55.2 Å². The lowest BCUT2D eigenvalue weighted by Crippen LogP contribution is -2.39. The molecule has 1 aliphatic rings. The highest BCUT2D eigenvalue weighted by molar-refractivity contribution is 6.05. The number of amides is 2. The largest absolute Gasteiger partial charge is 0.497 e. The number of nitrogens with zero attached hydrogens (tertiary/aromatic N) is 3. The van der Waals surface area contributed by atoms with Gasteiger partial charge in [0, 0.05) is 36.2 Å². The van der Waals surface area contributed by atoms with E-state index in [0.717, 1.165) is 6.07 Å². The number of benzene rings is 3. The number of methoxy groups -OCH3 is 2. The van der Waals surface area contributed by atoms with Crippen molar-refractivity contribution in [1.82, 2.24) is 9.91 Å². The summed E-state index contributed by atoms with van der Waals surface area (Å²) in [5.41, 5.74) is 1.58. The molecule has 9 heteroatoms. The van der Waals surface area contributed by atoms with Crippen molar-refractivity contribution in [2.75, 3.05) is 27.8 Å². The fourth-order valence-corrected chi connectivity index (χ4v) is 4.12. The molecule has 3 aromatic carbocycles. The maximum Gasteiger partial charge on any atom is 0.262 e. The number of rotatable bonds is 7. The molecule has 4 rings (SSSR count). The van der Waals surface area contributed by atoms with E-state index in [4.69, 9.17) is 9.47 Å². The Balaban J connectivity index is 1.65. The summed E-state index contributed by atoms with van der Waals surface area (Å²) in [6.07, 6.45) is 0.233. The van der Waals surface area contributed by atoms with Crippen molar-refractivity contribution < 1.29 is 27.8 Å². The fourth-order valence-electron chi connectivity index (χ4n) is 4.12. The summed E-state index contributed by atoms with van der Waals surface area (Å²) in [5.74, 6) is -0.980. The summed E-state index contributed by atoms with van der Waals surface area (Å²) in [5, 5.41) is 5.74. The molecule has 1 atom stereocenters. The predicted octanol–water partition coefficient (Wildman–Crippen LogP) is 4.43. The second-order valence-corrected chi connectivity index (χ2v) is 8.26. The average molecular weight is 494 g/mol. The number of ether oxygens (including phenoxy) is 2. The predicted molar refractivity (Wildman–Crippen MR) is 130 cm³/mol. The first-order chi connectivity index (χ1) is 17.3. The average Bonchev–Trinajstić information content (AvgIpc) is 3.33. The van der Waals surface area contributed by atoms with Gasteiger partial charge in [0.05, 0.1) is 26.0 Å². The molecular formula is C27H25F2N3O4. The smallest absolute Gasteiger partial charge is 0.262 e. The van der Waals surface area contributed by atoms with E-state index in [1.807, 2.05) is 0 Å². The zero-order chi connectivity index (χ0) is 25.8. The van der Waals surface area contributed by atoms with E-state index in [0.29, 0.717) is 28.3 Å². The minimum absolute atomic E-state index is 0.115. The monoisotopic (exact) mass is 493 g/mol. The first kappa shape index (κ1) is 24.8. The van der Waals surface area contributed by atoms with Crippen molar-refractivity contribution in [2.24, 2.45) is 5.10 Å². The molecule has 186 valence electrons. The lowest BCUT2D eigenvalue weighted by atomic mass is 9.97. The normalized spacial score (nSPS) is 14.9. The quantitative estimate of drug-likeness (QED) is 0.488. The standard InChI is InChI=1S/C27H25F2N3O4/c1-31(27(34)17-7-6-8-18(28)13-17)16-26(33)32-24(20-9-4-5-10-22(20)29)15-23(30-32)21-12-11-19(35-2)14-25(21)36-3/h4-14,24H,15-16H2,1-3H3/t24-/m1/s1. The van der Waals surface area contributed by atoms with Gasteiger partial charge in [-0.25, -0.2) is 13.8 Å². The van der Waals surface area contributed by atoms with Crippen LogP contribution >= 0.6 is 0 Å². The SMILES string of the molecule is COc1ccc(C2=NN(C(=O)CN(C)C(=O)c3cccc(F)c3)[C@@H](c3ccccc3F)C2)c(OC)c1. The molecule has 1 heterocycles. The molecule has 0 bridgehead atoms. The van der Waals surface area contributed by atoms with Crippen LogP contribution < -0.4 is 9.47 Å². The van der Waals surface area contributed by atoms with Gasteiger partial charge in [0.25, 0.3) is 11.8 Å². The van der Waals surface area contributed by atoms with Crippen LogP contribution in [0, 0.1) is 11.6 Å². The van der Waals surface area contributed by atoms with Crippen LogP contribution in [0.25, 0.3) is 0 Å². The molecule has 1 aliphatic heterocycles. The summed E-state index contributed by atoms with van der Waals surface area (Å²) >= 11 is 0. The zero-order valence-electron chi connectivity index (χ0n) is 20.1. The van der Waals surface area contributed by atoms with Crippen molar-refractivity contribution >= 4 is 17.5 Å². The highest BCUT2D eigenvalue weighted by Crippen LogP contribution is 2.37. The molecule has 2 amide bonds. The number of hydrogen-bond acceptors (Lipinski definition) is 5. The molecule has 3 aromatic rings. The molecular weight excluding hydrogens is 468 g/mol. The van der Waals surface area contributed by atoms with Crippen LogP contribution in [0.15, 0.2) is 71.8 Å². The summed E-state index contributed by atoms with van der Waals surface area (Å²) in [7, 11) is 4.49. The number of hydrazone groups is 1. The van der Waals surface area contributed by atoms with E-state index < -0.39 is 29.5 Å². The van der Waals surface area contributed by atoms with Crippen LogP contribution in [0.1, 0.15) is 33.9 Å². The topological polar surface area (TPSA) is 71.4 Å². The van der Waals surface area contributed by atoms with E-state index >= 15 is 0 Å². The highest BCUT2D eigenvalue weighted by Gasteiger charge is 2.36. The van der Waals surface area contributed by atoms with Gasteiger partial charge in [-0.2, -0.15) is 5.10 Å². The van der Waals surface area contributed by atoms with Gasteiger partial charge < -0.3 is 14.4 Å². The van der Waals surface area contributed by atoms with Crippen molar-refractivity contribution in [2.45, 2.75) is 12.5 Å². The van der Waals surface area contributed by atoms with Gasteiger partial charge in [-0.3, -0.25) is 9.59 Å². The third-order valence-electron chi connectivity index (χ3n) is 5.94. The van der Waals surface area contributed by atoms with Crippen LogP contribution in [0.2, 0.25) is 0 Å². The van der Waals surface area contributed by atoms with Gasteiger partial charge in [0.2, 0.25) is 0 Å². The van der Waals surface area contributed by atoms with E-state index in [1.54, 1.807) is 36.4 Å². The van der Waals surface area contributed by atoms with Crippen LogP contribution in [0.3, 0.4) is 0 Å². The fraction of sp³-hybridized carbons (Fsp3) is 0.222. The summed E-state index contributed by atoms with van der Waals surface area (Å²) in [6.45, 7) is -0.336. The second-order valence-electron chi connectivity index (χ2n) is 8.26. The minimum atomic E-state index is -0.724. The molecule has 36 heavy (non-hydrogen) atoms. The van der Waals surface area contributed by atoms with Gasteiger partial charge in [0.1, 0.15) is 29.7 Å². The third-order valence-corrected chi connectivity index (χ3v) is 5.94. The Labute approximate surface area is 207 Å². The summed E-state index contributed by atoms with van der Waals surface area (Å²) < 4.78 is 39.1. The van der Waals surface area contributed by atoms with Crippen molar-refractivity contribution in [3.8, 4) is 11.5 Å². The van der Waals surface area contributed by atoms with Crippen LogP contribution in [-0.2, 0) is 4.79 Å². The van der Waals surface area contributed by atoms with Crippen LogP contribution in [0.5, 0.6) is 11.5 Å². The molecule has 0 aliphatic carbocycles. The first-order valence-electron chi connectivity index (χ1n) is 11.2. The van der Waals surface area contributed by atoms with Gasteiger partial charge in [-0.15, -0.1) is 0 Å². The number of carbonyl (C=O) groups is 2. The molecule has 0 aromatic heterocycles. The van der Waals surface area contributed by atoms with Gasteiger partial charge in [0.15, 0.2) is 0 Å². The van der Waals surface area contributed by atoms with Crippen molar-refractivity contribution in [3.63, 3.8) is 0 Å². The Morgan fingerprint density at radius 2 is 1.81 bits per heavy atom. The lowest BCUT2D eigenvalue weighted by Gasteiger charge is -2.25. The number of halogens is 2. The minimum Gasteiger partial charge on any atom is -0.497 e. The maximum absolute atomic E-state index is 14.8. The second kappa shape index (κ2) is 10.6. The number of hydrogen-bond donors (Lipinski definition) is 0. The summed E-state index contributed by atoms with van der Waals surface area (Å²) in [4.78, 5) is 27.3. The highest BCUT2D eigenvalue weighted by atomic mass is 19.1. The molecule has 0 N–H and O–H groups in total. The number of carbonyl (C=O) groups excluding carboxylic acids is 2. The van der Waals surface area contributed by atoms with E-state index in [2.05, 4.69) is 5.10 Å². The molecule has 0 fully saturated rings.